The molecule has 1 N–H and O–H groups in total. The molecule has 1 atom stereocenters. The van der Waals surface area contributed by atoms with Gasteiger partial charge in [-0.15, -0.1) is 0 Å². The highest BCUT2D eigenvalue weighted by Gasteiger charge is 2.32. The quantitative estimate of drug-likeness (QED) is 0.735. The van der Waals surface area contributed by atoms with Crippen LogP contribution in [0.5, 0.6) is 0 Å². The molecule has 3 rings (SSSR count). The van der Waals surface area contributed by atoms with Gasteiger partial charge in [-0.1, -0.05) is 44.7 Å². The Morgan fingerprint density at radius 2 is 1.69 bits per heavy atom. The van der Waals surface area contributed by atoms with E-state index in [0.717, 1.165) is 31.2 Å². The van der Waals surface area contributed by atoms with Crippen LogP contribution in [0.2, 0.25) is 0 Å². The van der Waals surface area contributed by atoms with Gasteiger partial charge in [0.2, 0.25) is 15.9 Å². The summed E-state index contributed by atoms with van der Waals surface area (Å²) >= 11 is 0. The lowest BCUT2D eigenvalue weighted by Gasteiger charge is -2.37. The average Bonchev–Trinajstić information content (AvgIpc) is 2.74. The van der Waals surface area contributed by atoms with E-state index < -0.39 is 10.0 Å². The van der Waals surface area contributed by atoms with E-state index in [2.05, 4.69) is 17.1 Å². The molecule has 2 aliphatic rings. The summed E-state index contributed by atoms with van der Waals surface area (Å²) < 4.78 is 27.5. The van der Waals surface area contributed by atoms with Crippen LogP contribution in [0.25, 0.3) is 0 Å². The van der Waals surface area contributed by atoms with Gasteiger partial charge in [-0.25, -0.2) is 8.42 Å². The number of nitrogens with one attached hydrogen (secondary N) is 1. The van der Waals surface area contributed by atoms with Gasteiger partial charge in [-0.05, 0) is 43.9 Å². The van der Waals surface area contributed by atoms with Crippen LogP contribution in [0.4, 0.5) is 0 Å². The third kappa shape index (κ3) is 5.58. The van der Waals surface area contributed by atoms with Crippen LogP contribution in [0.3, 0.4) is 0 Å². The summed E-state index contributed by atoms with van der Waals surface area (Å²) in [4.78, 5) is 15.1. The number of carbonyl (C=O) groups excluding carboxylic acids is 1. The van der Waals surface area contributed by atoms with Crippen molar-refractivity contribution in [2.45, 2.75) is 75.8 Å². The number of nitrogens with zero attached hydrogens (tertiary/aromatic N) is 2. The average molecular weight is 422 g/mol. The molecule has 1 amide bonds. The van der Waals surface area contributed by atoms with Crippen LogP contribution >= 0.6 is 0 Å². The number of carbonyl (C=O) groups is 1. The second-order valence-electron chi connectivity index (χ2n) is 8.35. The molecule has 0 aromatic heterocycles. The summed E-state index contributed by atoms with van der Waals surface area (Å²) in [5, 5.41) is 3.19. The molecule has 162 valence electrons. The molecule has 0 radical (unpaired) electrons. The first-order valence-electron chi connectivity index (χ1n) is 11.1. The van der Waals surface area contributed by atoms with E-state index in [4.69, 9.17) is 0 Å². The van der Waals surface area contributed by atoms with Crippen molar-refractivity contribution in [1.82, 2.24) is 14.5 Å². The molecule has 1 unspecified atom stereocenters. The van der Waals surface area contributed by atoms with Gasteiger partial charge in [0, 0.05) is 32.2 Å². The van der Waals surface area contributed by atoms with Crippen molar-refractivity contribution in [3.8, 4) is 0 Å². The molecule has 1 aromatic rings. The van der Waals surface area contributed by atoms with Gasteiger partial charge in [0.15, 0.2) is 0 Å². The number of piperazine rings is 1. The smallest absolute Gasteiger partial charge is 0.243 e. The minimum Gasteiger partial charge on any atom is -0.352 e. The Morgan fingerprint density at radius 1 is 1.07 bits per heavy atom. The fraction of sp³-hybridized carbons (Fsp3) is 0.682. The molecule has 1 aliphatic heterocycles. The molecule has 1 heterocycles. The third-order valence-corrected chi connectivity index (χ3v) is 8.16. The first-order valence-corrected chi connectivity index (χ1v) is 12.5. The van der Waals surface area contributed by atoms with E-state index in [1.807, 2.05) is 19.1 Å². The fourth-order valence-corrected chi connectivity index (χ4v) is 5.75. The van der Waals surface area contributed by atoms with Gasteiger partial charge >= 0.3 is 0 Å². The molecule has 1 saturated carbocycles. The molecule has 29 heavy (non-hydrogen) atoms. The topological polar surface area (TPSA) is 69.7 Å². The zero-order valence-corrected chi connectivity index (χ0v) is 18.6. The van der Waals surface area contributed by atoms with Gasteiger partial charge in [0.05, 0.1) is 10.9 Å². The van der Waals surface area contributed by atoms with E-state index in [1.165, 1.54) is 19.3 Å². The van der Waals surface area contributed by atoms with Crippen molar-refractivity contribution in [2.75, 3.05) is 26.2 Å². The first kappa shape index (κ1) is 22.2. The van der Waals surface area contributed by atoms with Crippen LogP contribution in [0.15, 0.2) is 29.2 Å². The molecule has 6 nitrogen and oxygen atoms in total. The van der Waals surface area contributed by atoms with Gasteiger partial charge < -0.3 is 5.32 Å². The van der Waals surface area contributed by atoms with Crippen LogP contribution in [-0.2, 0) is 21.2 Å². The summed E-state index contributed by atoms with van der Waals surface area (Å²) in [5.74, 6) is 0.0692. The number of rotatable bonds is 7. The minimum atomic E-state index is -3.48. The van der Waals surface area contributed by atoms with E-state index in [-0.39, 0.29) is 11.9 Å². The van der Waals surface area contributed by atoms with Crippen LogP contribution in [0.1, 0.15) is 57.9 Å². The largest absolute Gasteiger partial charge is 0.352 e. The SMILES string of the molecule is CCCc1ccc(S(=O)(=O)N2CCN(C(C)C(=O)NC3CCCCC3)CC2)cc1. The number of sulfonamides is 1. The van der Waals surface area contributed by atoms with E-state index in [9.17, 15) is 13.2 Å². The van der Waals surface area contributed by atoms with Crippen molar-refractivity contribution in [2.24, 2.45) is 0 Å². The zero-order chi connectivity index (χ0) is 20.9. The lowest BCUT2D eigenvalue weighted by molar-refractivity contribution is -0.127. The number of hydrogen-bond acceptors (Lipinski definition) is 4. The van der Waals surface area contributed by atoms with Gasteiger partial charge in [0.25, 0.3) is 0 Å². The maximum absolute atomic E-state index is 13.0. The second-order valence-corrected chi connectivity index (χ2v) is 10.3. The minimum absolute atomic E-state index is 0.0692. The van der Waals surface area contributed by atoms with Gasteiger partial charge in [-0.3, -0.25) is 9.69 Å². The molecule has 7 heteroatoms. The summed E-state index contributed by atoms with van der Waals surface area (Å²) in [7, 11) is -3.48. The van der Waals surface area contributed by atoms with Gasteiger partial charge in [-0.2, -0.15) is 4.31 Å². The fourth-order valence-electron chi connectivity index (χ4n) is 4.33. The highest BCUT2D eigenvalue weighted by Crippen LogP contribution is 2.20. The third-order valence-electron chi connectivity index (χ3n) is 6.25. The van der Waals surface area contributed by atoms with Crippen molar-refractivity contribution >= 4 is 15.9 Å². The van der Waals surface area contributed by atoms with Crippen molar-refractivity contribution in [3.63, 3.8) is 0 Å². The number of hydrogen-bond donors (Lipinski definition) is 1. The lowest BCUT2D eigenvalue weighted by Crippen LogP contribution is -2.55. The number of aryl methyl sites for hydroxylation is 1. The molecule has 1 saturated heterocycles. The molecular weight excluding hydrogens is 386 g/mol. The summed E-state index contributed by atoms with van der Waals surface area (Å²) in [6, 6.07) is 7.32. The Hall–Kier alpha value is -1.44. The molecular formula is C22H35N3O3S. The maximum atomic E-state index is 13.0. The Kier molecular flexibility index (Phi) is 7.71. The van der Waals surface area contributed by atoms with E-state index in [1.54, 1.807) is 16.4 Å². The predicted octanol–water partition coefficient (Wildman–Crippen LogP) is 2.78. The maximum Gasteiger partial charge on any atom is 0.243 e. The Balaban J connectivity index is 1.54. The molecule has 2 fully saturated rings. The van der Waals surface area contributed by atoms with Crippen molar-refractivity contribution in [1.29, 1.82) is 0 Å². The predicted molar refractivity (Wildman–Crippen MR) is 115 cm³/mol. The van der Waals surface area contributed by atoms with Crippen LogP contribution in [0, 0.1) is 0 Å². The molecule has 0 spiro atoms. The number of benzene rings is 1. The Labute approximate surface area is 175 Å². The number of amides is 1. The Bertz CT molecular complexity index is 765. The zero-order valence-electron chi connectivity index (χ0n) is 17.8. The van der Waals surface area contributed by atoms with Gasteiger partial charge in [0.1, 0.15) is 0 Å². The molecule has 1 aromatic carbocycles. The molecule has 1 aliphatic carbocycles. The highest BCUT2D eigenvalue weighted by atomic mass is 32.2. The van der Waals surface area contributed by atoms with Crippen LogP contribution < -0.4 is 5.32 Å². The lowest BCUT2D eigenvalue weighted by atomic mass is 9.95. The van der Waals surface area contributed by atoms with Crippen LogP contribution in [-0.4, -0.2) is 61.8 Å². The van der Waals surface area contributed by atoms with Crippen molar-refractivity contribution < 1.29 is 13.2 Å². The second kappa shape index (κ2) is 10.0. The van der Waals surface area contributed by atoms with E-state index in [0.29, 0.717) is 37.1 Å². The Morgan fingerprint density at radius 3 is 2.28 bits per heavy atom. The normalized spacial score (nSPS) is 21.0. The highest BCUT2D eigenvalue weighted by molar-refractivity contribution is 7.89. The van der Waals surface area contributed by atoms with Crippen molar-refractivity contribution in [3.05, 3.63) is 29.8 Å². The first-order chi connectivity index (χ1) is 13.9. The summed E-state index contributed by atoms with van der Waals surface area (Å²) in [6.45, 7) is 6.02. The molecule has 0 bridgehead atoms. The monoisotopic (exact) mass is 421 g/mol. The summed E-state index contributed by atoms with van der Waals surface area (Å²) in [5.41, 5.74) is 1.16. The van der Waals surface area contributed by atoms with E-state index >= 15 is 0 Å². The standard InChI is InChI=1S/C22H35N3O3S/c1-3-7-19-10-12-21(13-11-19)29(27,28)25-16-14-24(15-17-25)18(2)22(26)23-20-8-5-4-6-9-20/h10-13,18,20H,3-9,14-17H2,1-2H3,(H,23,26). The summed E-state index contributed by atoms with van der Waals surface area (Å²) in [6.07, 6.45) is 7.79.